The molecule has 0 aliphatic heterocycles. The fourth-order valence-corrected chi connectivity index (χ4v) is 4.51. The molecule has 0 amide bonds. The monoisotopic (exact) mass is 513 g/mol. The molecule has 5 aromatic rings. The molecule has 5 rings (SSSR count). The molecule has 0 N–H and O–H groups in total. The van der Waals surface area contributed by atoms with Crippen molar-refractivity contribution in [2.45, 2.75) is 5.41 Å². The van der Waals surface area contributed by atoms with Crippen LogP contribution in [0, 0.1) is 0 Å². The van der Waals surface area contributed by atoms with Crippen LogP contribution in [0.3, 0.4) is 0 Å². The number of hydrogen-bond acceptors (Lipinski definition) is 0. The number of hydrogen-bond donors (Lipinski definition) is 0. The van der Waals surface area contributed by atoms with E-state index < -0.39 is 0 Å². The standard InChI is InChI=1S/C28H21.3ClH.Ti/c1-4-13-23(14-5-1)28(24-15-6-2-7-16-24,25-17-8-3-9-18-25)27-21-20-22-12-10-11-19-26(22)27;;;;/h1-21H;3*1H;/q-1;;;;. The van der Waals surface area contributed by atoms with Gasteiger partial charge in [0, 0.05) is 27.1 Å². The van der Waals surface area contributed by atoms with Crippen LogP contribution in [0.5, 0.6) is 0 Å². The summed E-state index contributed by atoms with van der Waals surface area (Å²) in [6.07, 6.45) is 0. The van der Waals surface area contributed by atoms with Gasteiger partial charge in [0.2, 0.25) is 0 Å². The van der Waals surface area contributed by atoms with E-state index in [9.17, 15) is 0 Å². The normalized spacial score (nSPS) is 10.1. The minimum atomic E-state index is -0.368. The van der Waals surface area contributed by atoms with E-state index >= 15 is 0 Å². The SMILES string of the molecule is Cl.Cl.Cl.[Ti].c1ccc(C(c2ccccc2)(c2ccccc2)[c-]2ccc3ccccc32)cc1. The van der Waals surface area contributed by atoms with Gasteiger partial charge < -0.3 is 0 Å². The molecular weight excluding hydrogens is 491 g/mol. The van der Waals surface area contributed by atoms with E-state index in [4.69, 9.17) is 0 Å². The van der Waals surface area contributed by atoms with E-state index in [0.717, 1.165) is 0 Å². The molecule has 32 heavy (non-hydrogen) atoms. The zero-order chi connectivity index (χ0) is 18.8. The molecule has 0 aliphatic rings. The first kappa shape index (κ1) is 28.1. The molecule has 0 atom stereocenters. The summed E-state index contributed by atoms with van der Waals surface area (Å²) in [5.41, 5.74) is 4.80. The van der Waals surface area contributed by atoms with Crippen molar-refractivity contribution in [2.75, 3.05) is 0 Å². The number of halogens is 3. The van der Waals surface area contributed by atoms with Crippen LogP contribution in [-0.2, 0) is 27.1 Å². The molecule has 0 saturated heterocycles. The summed E-state index contributed by atoms with van der Waals surface area (Å²) >= 11 is 0. The molecule has 0 fully saturated rings. The summed E-state index contributed by atoms with van der Waals surface area (Å²) in [4.78, 5) is 0. The van der Waals surface area contributed by atoms with Gasteiger partial charge in [0.1, 0.15) is 0 Å². The van der Waals surface area contributed by atoms with Gasteiger partial charge in [-0.05, 0) is 16.7 Å². The molecule has 0 radical (unpaired) electrons. The van der Waals surface area contributed by atoms with Gasteiger partial charge in [-0.1, -0.05) is 97.1 Å². The summed E-state index contributed by atoms with van der Waals surface area (Å²) in [6.45, 7) is 0. The molecule has 4 heteroatoms. The van der Waals surface area contributed by atoms with Crippen LogP contribution in [0.2, 0.25) is 0 Å². The molecule has 0 spiro atoms. The third-order valence-electron chi connectivity index (χ3n) is 5.70. The summed E-state index contributed by atoms with van der Waals surface area (Å²) in [7, 11) is 0. The average molecular weight is 515 g/mol. The molecule has 0 heterocycles. The van der Waals surface area contributed by atoms with E-state index in [1.165, 1.54) is 33.0 Å². The Bertz CT molecular complexity index is 1110. The van der Waals surface area contributed by atoms with Crippen molar-refractivity contribution in [2.24, 2.45) is 0 Å². The van der Waals surface area contributed by atoms with Gasteiger partial charge in [0.25, 0.3) is 0 Å². The first-order chi connectivity index (χ1) is 13.9. The van der Waals surface area contributed by atoms with Crippen LogP contribution in [0.1, 0.15) is 22.3 Å². The largest absolute Gasteiger partial charge is 0.168 e. The minimum absolute atomic E-state index is 0. The Hall–Kier alpha value is -1.93. The third-order valence-corrected chi connectivity index (χ3v) is 5.70. The Balaban J connectivity index is 0.00000128. The molecule has 0 aromatic heterocycles. The smallest absolute Gasteiger partial charge is 0.0366 e. The maximum atomic E-state index is 2.30. The molecular formula is C28H24Cl3Ti-. The van der Waals surface area contributed by atoms with Gasteiger partial charge in [0.15, 0.2) is 0 Å². The predicted molar refractivity (Wildman–Crippen MR) is 140 cm³/mol. The molecule has 0 bridgehead atoms. The fourth-order valence-electron chi connectivity index (χ4n) is 4.51. The zero-order valence-corrected chi connectivity index (χ0v) is 21.4. The van der Waals surface area contributed by atoms with Crippen molar-refractivity contribution in [3.63, 3.8) is 0 Å². The van der Waals surface area contributed by atoms with Crippen molar-refractivity contribution >= 4 is 48.0 Å². The first-order valence-corrected chi connectivity index (χ1v) is 9.72. The van der Waals surface area contributed by atoms with Crippen LogP contribution in [0.4, 0.5) is 0 Å². The molecule has 0 aliphatic carbocycles. The topological polar surface area (TPSA) is 0 Å². The average Bonchev–Trinajstić information content (AvgIpc) is 3.21. The van der Waals surface area contributed by atoms with Crippen molar-refractivity contribution in [3.8, 4) is 0 Å². The molecule has 0 nitrogen and oxygen atoms in total. The Morgan fingerprint density at radius 3 is 1.25 bits per heavy atom. The minimum Gasteiger partial charge on any atom is -0.168 e. The van der Waals surface area contributed by atoms with Gasteiger partial charge in [0.05, 0.1) is 0 Å². The van der Waals surface area contributed by atoms with E-state index in [1.54, 1.807) is 0 Å². The number of benzene rings is 4. The molecule has 0 unspecified atom stereocenters. The van der Waals surface area contributed by atoms with Crippen LogP contribution in [0.15, 0.2) is 127 Å². The van der Waals surface area contributed by atoms with Gasteiger partial charge in [-0.3, -0.25) is 0 Å². The number of rotatable bonds is 4. The van der Waals surface area contributed by atoms with Crippen molar-refractivity contribution in [3.05, 3.63) is 150 Å². The molecule has 0 saturated carbocycles. The van der Waals surface area contributed by atoms with Gasteiger partial charge in [-0.15, -0.1) is 77.8 Å². The fraction of sp³-hybridized carbons (Fsp3) is 0.0357. The van der Waals surface area contributed by atoms with Crippen molar-refractivity contribution in [1.82, 2.24) is 0 Å². The third kappa shape index (κ3) is 4.71. The number of fused-ring (bicyclic) bond motifs is 1. The maximum absolute atomic E-state index is 2.30. The van der Waals surface area contributed by atoms with Crippen LogP contribution in [0.25, 0.3) is 10.8 Å². The van der Waals surface area contributed by atoms with E-state index in [2.05, 4.69) is 127 Å². The van der Waals surface area contributed by atoms with Gasteiger partial charge >= 0.3 is 0 Å². The van der Waals surface area contributed by atoms with Gasteiger partial charge in [-0.25, -0.2) is 0 Å². The Morgan fingerprint density at radius 1 is 0.438 bits per heavy atom. The first-order valence-electron chi connectivity index (χ1n) is 9.72. The van der Waals surface area contributed by atoms with Crippen LogP contribution < -0.4 is 0 Å². The van der Waals surface area contributed by atoms with E-state index in [1.807, 2.05) is 0 Å². The summed E-state index contributed by atoms with van der Waals surface area (Å²) in [5.74, 6) is 0. The van der Waals surface area contributed by atoms with E-state index in [0.29, 0.717) is 0 Å². The van der Waals surface area contributed by atoms with Crippen LogP contribution in [-0.4, -0.2) is 0 Å². The molecule has 5 aromatic carbocycles. The Labute approximate surface area is 223 Å². The second-order valence-corrected chi connectivity index (χ2v) is 7.18. The Morgan fingerprint density at radius 2 is 0.812 bits per heavy atom. The summed E-state index contributed by atoms with van der Waals surface area (Å²) < 4.78 is 0. The Kier molecular flexibility index (Phi) is 10.8. The maximum Gasteiger partial charge on any atom is 0.0366 e. The van der Waals surface area contributed by atoms with Crippen molar-refractivity contribution < 1.29 is 21.7 Å². The van der Waals surface area contributed by atoms with Gasteiger partial charge in [-0.2, -0.15) is 6.07 Å². The summed E-state index contributed by atoms with van der Waals surface area (Å²) in [6, 6.07) is 45.9. The molecule has 162 valence electrons. The second kappa shape index (κ2) is 12.4. The van der Waals surface area contributed by atoms with E-state index in [-0.39, 0.29) is 64.4 Å². The quantitative estimate of drug-likeness (QED) is 0.129. The summed E-state index contributed by atoms with van der Waals surface area (Å²) in [5, 5.41) is 2.59. The predicted octanol–water partition coefficient (Wildman–Crippen LogP) is 8.20. The van der Waals surface area contributed by atoms with Crippen molar-refractivity contribution in [1.29, 1.82) is 0 Å². The second-order valence-electron chi connectivity index (χ2n) is 7.18. The van der Waals surface area contributed by atoms with Crippen LogP contribution >= 0.6 is 37.2 Å². The zero-order valence-electron chi connectivity index (χ0n) is 17.3.